The molecule has 1 unspecified atom stereocenters. The lowest BCUT2D eigenvalue weighted by Crippen LogP contribution is -2.26. The Morgan fingerprint density at radius 2 is 2.15 bits per heavy atom. The third-order valence-corrected chi connectivity index (χ3v) is 5.21. The highest BCUT2D eigenvalue weighted by Gasteiger charge is 2.37. The lowest BCUT2D eigenvalue weighted by molar-refractivity contribution is 0.0193. The second kappa shape index (κ2) is 6.60. The number of ether oxygens (including phenoxy) is 1. The van der Waals surface area contributed by atoms with Gasteiger partial charge in [-0.05, 0) is 12.1 Å². The van der Waals surface area contributed by atoms with Gasteiger partial charge in [0.2, 0.25) is 0 Å². The van der Waals surface area contributed by atoms with Crippen LogP contribution in [0.4, 0.5) is 0 Å². The van der Waals surface area contributed by atoms with E-state index in [1.165, 1.54) is 11.3 Å². The number of hydrogen-bond donors (Lipinski definition) is 2. The van der Waals surface area contributed by atoms with Crippen molar-refractivity contribution in [2.24, 2.45) is 0 Å². The molecular formula is C17H16N4O4S. The maximum absolute atomic E-state index is 10.9. The highest BCUT2D eigenvalue weighted by molar-refractivity contribution is 7.13. The fraction of sp³-hybridized carbons (Fsp3) is 0.294. The van der Waals surface area contributed by atoms with Crippen molar-refractivity contribution < 1.29 is 19.7 Å². The van der Waals surface area contributed by atoms with E-state index in [1.807, 2.05) is 5.38 Å². The van der Waals surface area contributed by atoms with Crippen molar-refractivity contribution >= 4 is 17.3 Å². The Bertz CT molecular complexity index is 928. The van der Waals surface area contributed by atoms with Crippen LogP contribution in [0.5, 0.6) is 0 Å². The van der Waals surface area contributed by atoms with E-state index < -0.39 is 11.6 Å². The predicted octanol–water partition coefficient (Wildman–Crippen LogP) is 1.76. The van der Waals surface area contributed by atoms with Crippen molar-refractivity contribution in [3.05, 3.63) is 52.8 Å². The Morgan fingerprint density at radius 1 is 1.35 bits per heavy atom. The first-order chi connectivity index (χ1) is 12.5. The minimum atomic E-state index is -1.06. The number of aromatic carboxylic acids is 1. The molecule has 1 aliphatic rings. The minimum absolute atomic E-state index is 0.235. The smallest absolute Gasteiger partial charge is 0.335 e. The number of aromatic nitrogens is 4. The molecule has 2 aromatic heterocycles. The zero-order chi connectivity index (χ0) is 18.1. The lowest BCUT2D eigenvalue weighted by atomic mass is 10.0. The summed E-state index contributed by atoms with van der Waals surface area (Å²) in [5.74, 6) is -0.951. The van der Waals surface area contributed by atoms with Gasteiger partial charge in [0.15, 0.2) is 0 Å². The monoisotopic (exact) mass is 372 g/mol. The minimum Gasteiger partial charge on any atom is -0.478 e. The van der Waals surface area contributed by atoms with Gasteiger partial charge >= 0.3 is 5.97 Å². The third-order valence-electron chi connectivity index (χ3n) is 4.27. The fourth-order valence-corrected chi connectivity index (χ4v) is 3.60. The average Bonchev–Trinajstić information content (AvgIpc) is 3.37. The number of carboxylic acid groups (broad SMARTS) is 1. The molecule has 8 nitrogen and oxygen atoms in total. The first-order valence-electron chi connectivity index (χ1n) is 8.02. The van der Waals surface area contributed by atoms with Gasteiger partial charge in [-0.3, -0.25) is 0 Å². The average molecular weight is 372 g/mol. The Hall–Kier alpha value is -2.62. The number of thiazole rings is 1. The van der Waals surface area contributed by atoms with Crippen LogP contribution in [0.25, 0.3) is 10.6 Å². The highest BCUT2D eigenvalue weighted by Crippen LogP contribution is 2.29. The number of aliphatic hydroxyl groups is 1. The summed E-state index contributed by atoms with van der Waals surface area (Å²) < 4.78 is 6.88. The number of hydrogen-bond acceptors (Lipinski definition) is 7. The van der Waals surface area contributed by atoms with Gasteiger partial charge in [0, 0.05) is 24.0 Å². The Balaban J connectivity index is 1.48. The summed E-state index contributed by atoms with van der Waals surface area (Å²) in [5, 5.41) is 30.3. The molecule has 1 atom stereocenters. The predicted molar refractivity (Wildman–Crippen MR) is 93.0 cm³/mol. The van der Waals surface area contributed by atoms with Crippen LogP contribution in [0.15, 0.2) is 35.8 Å². The number of rotatable bonds is 5. The van der Waals surface area contributed by atoms with Gasteiger partial charge < -0.3 is 14.9 Å². The van der Waals surface area contributed by atoms with Crippen LogP contribution in [0.2, 0.25) is 0 Å². The normalized spacial score (nSPS) is 19.7. The standard InChI is InChI=1S/C17H16N4O4S/c22-16(23)12-3-1-11(2-4-12)15-18-13(9-26-15)7-21-8-14(19-20-21)17(24)5-6-25-10-17/h1-4,8-9,24H,5-7,10H2,(H,22,23). The van der Waals surface area contributed by atoms with E-state index in [2.05, 4.69) is 15.3 Å². The number of nitrogens with zero attached hydrogens (tertiary/aromatic N) is 4. The molecule has 0 radical (unpaired) electrons. The van der Waals surface area contributed by atoms with E-state index >= 15 is 0 Å². The molecule has 26 heavy (non-hydrogen) atoms. The van der Waals surface area contributed by atoms with Crippen LogP contribution in [0.1, 0.15) is 28.2 Å². The summed E-state index contributed by atoms with van der Waals surface area (Å²) in [6, 6.07) is 6.62. The molecule has 9 heteroatoms. The highest BCUT2D eigenvalue weighted by atomic mass is 32.1. The van der Waals surface area contributed by atoms with Crippen LogP contribution >= 0.6 is 11.3 Å². The molecule has 0 saturated carbocycles. The largest absolute Gasteiger partial charge is 0.478 e. The van der Waals surface area contributed by atoms with Crippen molar-refractivity contribution in [1.82, 2.24) is 20.0 Å². The van der Waals surface area contributed by atoms with Gasteiger partial charge in [0.25, 0.3) is 0 Å². The summed E-state index contributed by atoms with van der Waals surface area (Å²) in [5.41, 5.74) is 1.38. The van der Waals surface area contributed by atoms with Crippen molar-refractivity contribution in [1.29, 1.82) is 0 Å². The van der Waals surface area contributed by atoms with Crippen LogP contribution in [0.3, 0.4) is 0 Å². The van der Waals surface area contributed by atoms with Gasteiger partial charge in [0.05, 0.1) is 30.6 Å². The quantitative estimate of drug-likeness (QED) is 0.702. The van der Waals surface area contributed by atoms with E-state index in [0.29, 0.717) is 25.3 Å². The van der Waals surface area contributed by atoms with Gasteiger partial charge in [-0.2, -0.15) is 0 Å². The molecule has 1 aromatic carbocycles. The summed E-state index contributed by atoms with van der Waals surface area (Å²) in [6.07, 6.45) is 2.23. The lowest BCUT2D eigenvalue weighted by Gasteiger charge is -2.15. The van der Waals surface area contributed by atoms with E-state index in [9.17, 15) is 9.90 Å². The molecule has 3 heterocycles. The van der Waals surface area contributed by atoms with Crippen molar-refractivity contribution in [2.45, 2.75) is 18.6 Å². The van der Waals surface area contributed by atoms with Gasteiger partial charge in [-0.1, -0.05) is 17.3 Å². The summed E-state index contributed by atoms with van der Waals surface area (Å²) in [4.78, 5) is 15.5. The fourth-order valence-electron chi connectivity index (χ4n) is 2.78. The molecule has 0 spiro atoms. The molecule has 1 aliphatic heterocycles. The molecular weight excluding hydrogens is 356 g/mol. The molecule has 1 saturated heterocycles. The second-order valence-electron chi connectivity index (χ2n) is 6.16. The second-order valence-corrected chi connectivity index (χ2v) is 7.02. The van der Waals surface area contributed by atoms with E-state index in [4.69, 9.17) is 9.84 Å². The molecule has 0 aliphatic carbocycles. The first kappa shape index (κ1) is 16.8. The van der Waals surface area contributed by atoms with Gasteiger partial charge in [0.1, 0.15) is 16.3 Å². The van der Waals surface area contributed by atoms with E-state index in [0.717, 1.165) is 16.3 Å². The van der Waals surface area contributed by atoms with Crippen LogP contribution in [0, 0.1) is 0 Å². The SMILES string of the molecule is O=C(O)c1ccc(-c2nc(Cn3cc(C4(O)CCOC4)nn3)cs2)cc1. The zero-order valence-electron chi connectivity index (χ0n) is 13.7. The van der Waals surface area contributed by atoms with Crippen molar-refractivity contribution in [3.8, 4) is 10.6 Å². The molecule has 4 rings (SSSR count). The molecule has 134 valence electrons. The Morgan fingerprint density at radius 3 is 2.85 bits per heavy atom. The summed E-state index contributed by atoms with van der Waals surface area (Å²) in [7, 11) is 0. The Labute approximate surface area is 152 Å². The van der Waals surface area contributed by atoms with E-state index in [-0.39, 0.29) is 12.2 Å². The van der Waals surface area contributed by atoms with Crippen LogP contribution in [-0.4, -0.2) is 49.4 Å². The summed E-state index contributed by atoms with van der Waals surface area (Å²) in [6.45, 7) is 1.19. The molecule has 0 amide bonds. The van der Waals surface area contributed by atoms with Crippen molar-refractivity contribution in [3.63, 3.8) is 0 Å². The first-order valence-corrected chi connectivity index (χ1v) is 8.90. The van der Waals surface area contributed by atoms with E-state index in [1.54, 1.807) is 35.1 Å². The van der Waals surface area contributed by atoms with Crippen LogP contribution in [-0.2, 0) is 16.9 Å². The summed E-state index contributed by atoms with van der Waals surface area (Å²) >= 11 is 1.48. The van der Waals surface area contributed by atoms with Crippen LogP contribution < -0.4 is 0 Å². The maximum Gasteiger partial charge on any atom is 0.335 e. The van der Waals surface area contributed by atoms with Gasteiger partial charge in [-0.15, -0.1) is 16.4 Å². The number of carboxylic acids is 1. The van der Waals surface area contributed by atoms with Gasteiger partial charge in [-0.25, -0.2) is 14.5 Å². The molecule has 1 fully saturated rings. The third kappa shape index (κ3) is 3.24. The molecule has 3 aromatic rings. The molecule has 2 N–H and O–H groups in total. The topological polar surface area (TPSA) is 110 Å². The molecule has 0 bridgehead atoms. The maximum atomic E-state index is 10.9. The zero-order valence-corrected chi connectivity index (χ0v) is 14.5. The number of benzene rings is 1. The Kier molecular flexibility index (Phi) is 4.27. The number of carbonyl (C=O) groups is 1. The van der Waals surface area contributed by atoms with Crippen molar-refractivity contribution in [2.75, 3.05) is 13.2 Å².